The van der Waals surface area contributed by atoms with Crippen LogP contribution in [0.2, 0.25) is 0 Å². The second kappa shape index (κ2) is 12.4. The zero-order chi connectivity index (χ0) is 19.4. The zero-order valence-corrected chi connectivity index (χ0v) is 16.2. The SMILES string of the molecule is C=C(N=C(C)C1CCCC1)c1ccc(F)c(C)c1.CC.CCC(=O)O. The Labute approximate surface area is 151 Å². The Morgan fingerprint density at radius 2 is 1.84 bits per heavy atom. The molecule has 1 aliphatic rings. The molecule has 0 amide bonds. The van der Waals surface area contributed by atoms with Crippen molar-refractivity contribution in [2.75, 3.05) is 0 Å². The van der Waals surface area contributed by atoms with Gasteiger partial charge in [0.1, 0.15) is 5.82 Å². The van der Waals surface area contributed by atoms with E-state index in [2.05, 4.69) is 18.5 Å². The molecule has 0 bridgehead atoms. The van der Waals surface area contributed by atoms with Crippen molar-refractivity contribution in [3.05, 3.63) is 41.7 Å². The molecule has 0 saturated heterocycles. The lowest BCUT2D eigenvalue weighted by Crippen LogP contribution is -2.06. The lowest BCUT2D eigenvalue weighted by Gasteiger charge is -2.10. The monoisotopic (exact) mass is 349 g/mol. The summed E-state index contributed by atoms with van der Waals surface area (Å²) in [7, 11) is 0. The molecule has 0 atom stereocenters. The van der Waals surface area contributed by atoms with Gasteiger partial charge >= 0.3 is 5.97 Å². The van der Waals surface area contributed by atoms with Crippen LogP contribution in [0.3, 0.4) is 0 Å². The predicted octanol–water partition coefficient (Wildman–Crippen LogP) is 6.26. The fraction of sp³-hybridized carbons (Fsp3) is 0.524. The number of carboxylic acids is 1. The molecule has 0 unspecified atom stereocenters. The van der Waals surface area contributed by atoms with Crippen LogP contribution in [-0.4, -0.2) is 16.8 Å². The zero-order valence-electron chi connectivity index (χ0n) is 16.2. The van der Waals surface area contributed by atoms with Crippen LogP contribution in [0.1, 0.15) is 70.9 Å². The highest BCUT2D eigenvalue weighted by Crippen LogP contribution is 2.27. The smallest absolute Gasteiger partial charge is 0.303 e. The van der Waals surface area contributed by atoms with E-state index in [9.17, 15) is 9.18 Å². The van der Waals surface area contributed by atoms with Crippen LogP contribution >= 0.6 is 0 Å². The number of aliphatic carboxylic acids is 1. The van der Waals surface area contributed by atoms with E-state index in [1.165, 1.54) is 37.5 Å². The Morgan fingerprint density at radius 3 is 2.28 bits per heavy atom. The van der Waals surface area contributed by atoms with Crippen molar-refractivity contribution in [1.82, 2.24) is 0 Å². The van der Waals surface area contributed by atoms with Crippen molar-refractivity contribution in [1.29, 1.82) is 0 Å². The summed E-state index contributed by atoms with van der Waals surface area (Å²) in [6, 6.07) is 5.04. The molecule has 0 aliphatic heterocycles. The minimum atomic E-state index is -0.745. The number of nitrogens with zero attached hydrogens (tertiary/aromatic N) is 1. The van der Waals surface area contributed by atoms with E-state index in [-0.39, 0.29) is 12.2 Å². The average Bonchev–Trinajstić information content (AvgIpc) is 3.14. The number of carbonyl (C=O) groups is 1. The highest BCUT2D eigenvalue weighted by atomic mass is 19.1. The quantitative estimate of drug-likeness (QED) is 0.652. The summed E-state index contributed by atoms with van der Waals surface area (Å²) in [5.41, 5.74) is 3.45. The van der Waals surface area contributed by atoms with Gasteiger partial charge in [0.15, 0.2) is 0 Å². The Morgan fingerprint density at radius 1 is 1.32 bits per heavy atom. The highest BCUT2D eigenvalue weighted by Gasteiger charge is 2.17. The lowest BCUT2D eigenvalue weighted by molar-refractivity contribution is -0.136. The summed E-state index contributed by atoms with van der Waals surface area (Å²) in [6.45, 7) is 13.4. The summed E-state index contributed by atoms with van der Waals surface area (Å²) >= 11 is 0. The molecule has 1 aromatic rings. The summed E-state index contributed by atoms with van der Waals surface area (Å²) in [4.78, 5) is 14.0. The number of carboxylic acid groups (broad SMARTS) is 1. The molecule has 0 aromatic heterocycles. The number of benzene rings is 1. The Balaban J connectivity index is 0.000000710. The van der Waals surface area contributed by atoms with Crippen LogP contribution in [0, 0.1) is 18.7 Å². The first kappa shape index (κ1) is 23.0. The van der Waals surface area contributed by atoms with Crippen molar-refractivity contribution < 1.29 is 14.3 Å². The maximum Gasteiger partial charge on any atom is 0.303 e. The van der Waals surface area contributed by atoms with Gasteiger partial charge in [-0.25, -0.2) is 4.39 Å². The topological polar surface area (TPSA) is 49.7 Å². The van der Waals surface area contributed by atoms with Gasteiger partial charge in [-0.15, -0.1) is 0 Å². The molecule has 2 rings (SSSR count). The average molecular weight is 349 g/mol. The largest absolute Gasteiger partial charge is 0.481 e. The number of hydrogen-bond acceptors (Lipinski definition) is 2. The number of aryl methyl sites for hydroxylation is 1. The Hall–Kier alpha value is -1.97. The first-order valence-electron chi connectivity index (χ1n) is 9.07. The minimum Gasteiger partial charge on any atom is -0.481 e. The molecule has 140 valence electrons. The minimum absolute atomic E-state index is 0.178. The fourth-order valence-electron chi connectivity index (χ4n) is 2.54. The van der Waals surface area contributed by atoms with Crippen LogP contribution in [-0.2, 0) is 4.79 Å². The van der Waals surface area contributed by atoms with Crippen molar-refractivity contribution in [3.63, 3.8) is 0 Å². The summed E-state index contributed by atoms with van der Waals surface area (Å²) in [5.74, 6) is -0.309. The van der Waals surface area contributed by atoms with E-state index in [0.29, 0.717) is 11.5 Å². The normalized spacial score (nSPS) is 14.1. The van der Waals surface area contributed by atoms with E-state index in [1.54, 1.807) is 19.9 Å². The van der Waals surface area contributed by atoms with Crippen molar-refractivity contribution in [2.24, 2.45) is 10.9 Å². The number of hydrogen-bond donors (Lipinski definition) is 1. The van der Waals surface area contributed by atoms with Gasteiger partial charge in [-0.1, -0.05) is 40.2 Å². The Bertz CT molecular complexity index is 588. The first-order chi connectivity index (χ1) is 11.8. The molecule has 1 saturated carbocycles. The van der Waals surface area contributed by atoms with Gasteiger partial charge in [0.2, 0.25) is 0 Å². The number of aliphatic imine (C=N–C) groups is 1. The maximum atomic E-state index is 13.2. The van der Waals surface area contributed by atoms with E-state index in [0.717, 1.165) is 11.3 Å². The van der Waals surface area contributed by atoms with Crippen LogP contribution in [0.4, 0.5) is 4.39 Å². The summed E-state index contributed by atoms with van der Waals surface area (Å²) < 4.78 is 13.2. The lowest BCUT2D eigenvalue weighted by atomic mass is 10.0. The van der Waals surface area contributed by atoms with Gasteiger partial charge in [0.25, 0.3) is 0 Å². The van der Waals surface area contributed by atoms with E-state index in [1.807, 2.05) is 19.9 Å². The van der Waals surface area contributed by atoms with Crippen molar-refractivity contribution in [3.8, 4) is 0 Å². The molecule has 1 fully saturated rings. The molecule has 3 nitrogen and oxygen atoms in total. The summed E-state index contributed by atoms with van der Waals surface area (Å²) in [5, 5.41) is 7.72. The molecule has 1 aromatic carbocycles. The molecular formula is C21H32FNO2. The van der Waals surface area contributed by atoms with E-state index < -0.39 is 5.97 Å². The fourth-order valence-corrected chi connectivity index (χ4v) is 2.54. The molecule has 1 aliphatic carbocycles. The Kier molecular flexibility index (Phi) is 11.4. The molecule has 4 heteroatoms. The van der Waals surface area contributed by atoms with Crippen LogP contribution in [0.15, 0.2) is 29.8 Å². The summed E-state index contributed by atoms with van der Waals surface area (Å²) in [6.07, 6.45) is 5.31. The van der Waals surface area contributed by atoms with Gasteiger partial charge in [-0.2, -0.15) is 0 Å². The third-order valence-corrected chi connectivity index (χ3v) is 4.05. The molecule has 0 heterocycles. The van der Waals surface area contributed by atoms with Gasteiger partial charge in [-0.05, 0) is 61.9 Å². The molecular weight excluding hydrogens is 317 g/mol. The van der Waals surface area contributed by atoms with Crippen molar-refractivity contribution >= 4 is 17.4 Å². The van der Waals surface area contributed by atoms with Crippen LogP contribution < -0.4 is 0 Å². The molecule has 1 N–H and O–H groups in total. The first-order valence-corrected chi connectivity index (χ1v) is 9.07. The third-order valence-electron chi connectivity index (χ3n) is 4.05. The highest BCUT2D eigenvalue weighted by molar-refractivity contribution is 5.89. The second-order valence-electron chi connectivity index (χ2n) is 5.89. The number of rotatable bonds is 4. The van der Waals surface area contributed by atoms with Crippen LogP contribution in [0.5, 0.6) is 0 Å². The molecule has 0 spiro atoms. The molecule has 25 heavy (non-hydrogen) atoms. The van der Waals surface area contributed by atoms with E-state index >= 15 is 0 Å². The predicted molar refractivity (Wildman–Crippen MR) is 105 cm³/mol. The van der Waals surface area contributed by atoms with E-state index in [4.69, 9.17) is 5.11 Å². The van der Waals surface area contributed by atoms with Crippen molar-refractivity contribution in [2.45, 2.75) is 66.7 Å². The third kappa shape index (κ3) is 8.62. The number of halogens is 1. The van der Waals surface area contributed by atoms with Gasteiger partial charge < -0.3 is 5.11 Å². The second-order valence-corrected chi connectivity index (χ2v) is 5.89. The maximum absolute atomic E-state index is 13.2. The van der Waals surface area contributed by atoms with Gasteiger partial charge in [-0.3, -0.25) is 9.79 Å². The molecule has 0 radical (unpaired) electrons. The van der Waals surface area contributed by atoms with Crippen LogP contribution in [0.25, 0.3) is 5.70 Å². The standard InChI is InChI=1S/C16H20FN.C3H6O2.C2H6/c1-11-10-15(8-9-16(11)17)13(3)18-12(2)14-6-4-5-7-14;1-2-3(4)5;1-2/h8-10,14H,3-7H2,1-2H3;2H2,1H3,(H,4,5);1-2H3. The van der Waals surface area contributed by atoms with Gasteiger partial charge in [0.05, 0.1) is 5.70 Å². The van der Waals surface area contributed by atoms with Gasteiger partial charge in [0, 0.05) is 12.1 Å².